The quantitative estimate of drug-likeness (QED) is 0.0279. The van der Waals surface area contributed by atoms with Gasteiger partial charge in [0.25, 0.3) is 0 Å². The Morgan fingerprint density at radius 1 is 0.393 bits per heavy atom. The fraction of sp³-hybridized carbons (Fsp3) is 0.946. The van der Waals surface area contributed by atoms with Gasteiger partial charge in [-0.25, -0.2) is 34.7 Å². The van der Waals surface area contributed by atoms with Crippen molar-refractivity contribution in [1.82, 2.24) is 0 Å². The highest BCUT2D eigenvalue weighted by Crippen LogP contribution is 2.40. The number of hydrogen-bond donors (Lipinski definition) is 11. The molecule has 5 saturated heterocycles. The number of carboxylic acids is 2. The van der Waals surface area contributed by atoms with E-state index in [4.69, 9.17) is 85.2 Å². The van der Waals surface area contributed by atoms with Crippen LogP contribution in [0.15, 0.2) is 0 Å². The van der Waals surface area contributed by atoms with E-state index in [1.165, 1.54) is 6.92 Å². The fourth-order valence-electron chi connectivity index (χ4n) is 9.73. The number of carbonyl (C=O) groups is 2. The molecule has 0 aromatic carbocycles. The van der Waals surface area contributed by atoms with E-state index in [9.17, 15) is 108 Å². The Balaban J connectivity index is 1.59. The zero-order chi connectivity index (χ0) is 67.3. The van der Waals surface area contributed by atoms with Crippen LogP contribution in [0, 0.1) is 0 Å². The summed E-state index contributed by atoms with van der Waals surface area (Å²) in [5, 5.41) is 43.0. The molecule has 0 aliphatic carbocycles. The summed E-state index contributed by atoms with van der Waals surface area (Å²) in [7, 11) is -30.0. The molecule has 0 radical (unpaired) electrons. The van der Waals surface area contributed by atoms with E-state index in [-0.39, 0.29) is 6.61 Å². The van der Waals surface area contributed by atoms with Crippen LogP contribution in [0.5, 0.6) is 0 Å². The number of rotatable bonds is 32. The standard InChI is InChI=1S/C37H63NO45S6/c1-7-68-16-11(8-69-84(45,46)47)73-34(14(38)15(16)39)77-22-20(64-3)28(66-5)36(79-25(22)31(40)41)76-18-13(10-71-86(51,52)53)74-37(30(83-89(60,61)62)24(18)81-87(54,55)56)78-23-21(65-4)29(67-6)35(80-26(23)32(42)43)75-17-12(9-70-85(48,49)50)72-33(44)27(19(17)63-2)82-88(57,58)59/h11-30,33-37,39,44H,7-10,38H2,1-6H3,(H,40,41)(H,42,43)(H,45,46,47)(H,48,49,50)(H,51,52,53)(H,54,55,56)(H,57,58,59)(H,60,61,62)/t11-,12-,13-,14-,15-,16-,17-,18-,19+,20+,21+,22+,23+,24+,25+,26+,27-,28-,29-,30-,33+,34-,35+,36-,37-/m1/s1. The van der Waals surface area contributed by atoms with Gasteiger partial charge in [0, 0.05) is 42.2 Å². The Labute approximate surface area is 504 Å². The van der Waals surface area contributed by atoms with E-state index in [1.807, 2.05) is 0 Å². The zero-order valence-electron chi connectivity index (χ0n) is 46.0. The fourth-order valence-corrected chi connectivity index (χ4v) is 12.1. The molecule has 5 aliphatic rings. The monoisotopic (exact) mass is 1430 g/mol. The average molecular weight is 1430 g/mol. The maximum atomic E-state index is 13.2. The second-order valence-electron chi connectivity index (χ2n) is 18.7. The van der Waals surface area contributed by atoms with Crippen LogP contribution in [0.4, 0.5) is 0 Å². The Kier molecular flexibility index (Phi) is 27.2. The minimum Gasteiger partial charge on any atom is -0.479 e. The van der Waals surface area contributed by atoms with Gasteiger partial charge in [-0.2, -0.15) is 50.5 Å². The van der Waals surface area contributed by atoms with Gasteiger partial charge in [0.2, 0.25) is 0 Å². The number of aliphatic carboxylic acids is 2. The highest BCUT2D eigenvalue weighted by molar-refractivity contribution is 7.82. The van der Waals surface area contributed by atoms with Crippen molar-refractivity contribution >= 4 is 74.3 Å². The van der Waals surface area contributed by atoms with E-state index in [0.29, 0.717) is 0 Å². The van der Waals surface area contributed by atoms with Crippen molar-refractivity contribution in [3.8, 4) is 0 Å². The third kappa shape index (κ3) is 21.2. The van der Waals surface area contributed by atoms with Gasteiger partial charge in [-0.05, 0) is 6.92 Å². The molecule has 0 aromatic rings. The molecule has 12 N–H and O–H groups in total. The van der Waals surface area contributed by atoms with Crippen molar-refractivity contribution < 1.29 is 204 Å². The van der Waals surface area contributed by atoms with Crippen molar-refractivity contribution in [1.29, 1.82) is 0 Å². The summed E-state index contributed by atoms with van der Waals surface area (Å²) in [6.45, 7) is -2.87. The molecule has 0 bridgehead atoms. The molecule has 0 saturated carbocycles. The van der Waals surface area contributed by atoms with E-state index < -0.39 is 248 Å². The number of hydrogen-bond acceptors (Lipinski definition) is 38. The van der Waals surface area contributed by atoms with Gasteiger partial charge >= 0.3 is 74.3 Å². The highest BCUT2D eigenvalue weighted by Gasteiger charge is 2.62. The minimum atomic E-state index is -6.15. The van der Waals surface area contributed by atoms with Crippen molar-refractivity contribution in [2.45, 2.75) is 160 Å². The molecule has 46 nitrogen and oxygen atoms in total. The third-order valence-corrected chi connectivity index (χ3v) is 15.8. The topological polar surface area (TPSA) is 661 Å². The molecule has 0 aromatic heterocycles. The summed E-state index contributed by atoms with van der Waals surface area (Å²) >= 11 is 0. The predicted molar refractivity (Wildman–Crippen MR) is 265 cm³/mol. The Morgan fingerprint density at radius 3 is 1.08 bits per heavy atom. The first kappa shape index (κ1) is 77.1. The molecule has 89 heavy (non-hydrogen) atoms. The highest BCUT2D eigenvalue weighted by atomic mass is 32.3. The number of ether oxygens (including phenoxy) is 15. The van der Waals surface area contributed by atoms with Gasteiger partial charge in [0.05, 0.1) is 25.9 Å². The number of methoxy groups -OCH3 is 5. The van der Waals surface area contributed by atoms with Gasteiger partial charge in [-0.15, -0.1) is 0 Å². The van der Waals surface area contributed by atoms with E-state index in [1.54, 1.807) is 0 Å². The lowest BCUT2D eigenvalue weighted by Crippen LogP contribution is -2.70. The lowest BCUT2D eigenvalue weighted by Gasteiger charge is -2.51. The smallest absolute Gasteiger partial charge is 0.397 e. The van der Waals surface area contributed by atoms with Crippen LogP contribution in [0.3, 0.4) is 0 Å². The molecule has 5 heterocycles. The average Bonchev–Trinajstić information content (AvgIpc) is 0.902. The lowest BCUT2D eigenvalue weighted by molar-refractivity contribution is -0.386. The summed E-state index contributed by atoms with van der Waals surface area (Å²) in [6, 6.07) is -1.73. The van der Waals surface area contributed by atoms with Gasteiger partial charge < -0.3 is 97.2 Å². The number of aliphatic hydroxyl groups is 2. The number of aliphatic hydroxyl groups excluding tert-OH is 2. The van der Waals surface area contributed by atoms with Crippen LogP contribution in [0.2, 0.25) is 0 Å². The second-order valence-corrected chi connectivity index (χ2v) is 25.1. The van der Waals surface area contributed by atoms with Gasteiger partial charge in [0.15, 0.2) is 55.9 Å². The zero-order valence-corrected chi connectivity index (χ0v) is 50.9. The molecule has 0 amide bonds. The van der Waals surface area contributed by atoms with Crippen molar-refractivity contribution in [3.05, 3.63) is 0 Å². The summed E-state index contributed by atoms with van der Waals surface area (Å²) in [5.41, 5.74) is 6.20. The molecule has 52 heteroatoms. The van der Waals surface area contributed by atoms with Crippen molar-refractivity contribution in [3.63, 3.8) is 0 Å². The summed E-state index contributed by atoms with van der Waals surface area (Å²) in [4.78, 5) is 26.3. The Bertz CT molecular complexity index is 3050. The first-order valence-corrected chi connectivity index (χ1v) is 32.7. The molecule has 25 atom stereocenters. The largest absolute Gasteiger partial charge is 0.479 e. The van der Waals surface area contributed by atoms with E-state index >= 15 is 0 Å². The van der Waals surface area contributed by atoms with E-state index in [2.05, 4.69) is 16.7 Å². The molecule has 0 spiro atoms. The molecule has 5 aliphatic heterocycles. The first-order chi connectivity index (χ1) is 41.0. The predicted octanol–water partition coefficient (Wildman–Crippen LogP) is -8.50. The van der Waals surface area contributed by atoms with E-state index in [0.717, 1.165) is 35.5 Å². The third-order valence-electron chi connectivity index (χ3n) is 13.1. The van der Waals surface area contributed by atoms with Crippen molar-refractivity contribution in [2.24, 2.45) is 5.73 Å². The van der Waals surface area contributed by atoms with Crippen LogP contribution < -0.4 is 5.73 Å². The number of carboxylic acid groups (broad SMARTS) is 2. The second kappa shape index (κ2) is 31.3. The molecule has 5 fully saturated rings. The Morgan fingerprint density at radius 2 is 0.708 bits per heavy atom. The van der Waals surface area contributed by atoms with Crippen molar-refractivity contribution in [2.75, 3.05) is 62.0 Å². The molecule has 5 rings (SSSR count). The minimum absolute atomic E-state index is 0.160. The van der Waals surface area contributed by atoms with Gasteiger partial charge in [0.1, 0.15) is 91.6 Å². The van der Waals surface area contributed by atoms with Crippen LogP contribution in [-0.2, 0) is 168 Å². The van der Waals surface area contributed by atoms with Crippen LogP contribution in [0.1, 0.15) is 6.92 Å². The van der Waals surface area contributed by atoms with Gasteiger partial charge in [-0.1, -0.05) is 0 Å². The maximum absolute atomic E-state index is 13.2. The van der Waals surface area contributed by atoms with Crippen LogP contribution >= 0.6 is 0 Å². The maximum Gasteiger partial charge on any atom is 0.397 e. The molecule has 0 unspecified atom stereocenters. The van der Waals surface area contributed by atoms with Gasteiger partial charge in [-0.3, -0.25) is 27.3 Å². The molecular weight excluding hydrogens is 1370 g/mol. The molecule has 522 valence electrons. The summed E-state index contributed by atoms with van der Waals surface area (Å²) in [6.07, 6.45) is -55.5. The first-order valence-electron chi connectivity index (χ1n) is 24.5. The van der Waals surface area contributed by atoms with Crippen LogP contribution in [0.25, 0.3) is 0 Å². The molecular formula is C37H63NO45S6. The summed E-state index contributed by atoms with van der Waals surface area (Å²) in [5.74, 6) is -4.18. The SMILES string of the molecule is CCO[C@H]1[C@H](O)[C@@H](N)[C@@H](O[C@H]2[C@H](OC)[C@@H](OC)[C@H](O[C@H]3[C@H](OS(=O)(=O)O)[C@@H](OS(=O)(=O)O)[C@@H](O[C@H]4[C@H](OC)[C@@H](OC)[C@@H](O[C@H]5[C@H](OC)[C@@H](OS(=O)(=O)O)[C@@H](O)O[C@@H]5COS(=O)(=O)O)O[C@@H]4C(=O)O)O[C@@H]3COS(=O)(=O)O)O[C@@H]2C(=O)O)O[C@@H]1COS(=O)(=O)O. The summed E-state index contributed by atoms with van der Waals surface area (Å²) < 4.78 is 314. The number of nitrogens with two attached hydrogens (primary N) is 1. The lowest BCUT2D eigenvalue weighted by atomic mass is 9.94. The Hall–Kier alpha value is -2.56. The normalized spacial score (nSPS) is 38.9. The van der Waals surface area contributed by atoms with Crippen LogP contribution in [-0.4, -0.2) is 326 Å².